The van der Waals surface area contributed by atoms with Crippen molar-refractivity contribution in [2.24, 2.45) is 5.92 Å². The SMILES string of the molecule is CC(C)n1cnc2nc(COc3cccc(NC(=O)C4CCCCC4)c3)cc(=O)n21. The Labute approximate surface area is 174 Å². The third kappa shape index (κ3) is 4.37. The average molecular weight is 409 g/mol. The lowest BCUT2D eigenvalue weighted by Gasteiger charge is -2.20. The summed E-state index contributed by atoms with van der Waals surface area (Å²) in [6.45, 7) is 4.09. The molecule has 0 unspecified atom stereocenters. The van der Waals surface area contributed by atoms with Gasteiger partial charge in [0.25, 0.3) is 11.3 Å². The number of carbonyl (C=O) groups excluding carboxylic acids is 1. The van der Waals surface area contributed by atoms with Crippen molar-refractivity contribution in [3.05, 3.63) is 52.7 Å². The van der Waals surface area contributed by atoms with E-state index >= 15 is 0 Å². The predicted octanol–water partition coefficient (Wildman–Crippen LogP) is 3.57. The Bertz CT molecular complexity index is 1100. The molecule has 3 aromatic rings. The van der Waals surface area contributed by atoms with E-state index < -0.39 is 0 Å². The maximum Gasteiger partial charge on any atom is 0.274 e. The number of fused-ring (bicyclic) bond motifs is 1. The molecule has 0 bridgehead atoms. The number of nitrogens with one attached hydrogen (secondary N) is 1. The number of amides is 1. The molecule has 1 aromatic carbocycles. The van der Waals surface area contributed by atoms with Crippen molar-refractivity contribution in [1.29, 1.82) is 0 Å². The van der Waals surface area contributed by atoms with Crippen LogP contribution in [0.2, 0.25) is 0 Å². The third-order valence-corrected chi connectivity index (χ3v) is 5.45. The van der Waals surface area contributed by atoms with Gasteiger partial charge in [-0.25, -0.2) is 4.98 Å². The van der Waals surface area contributed by atoms with Crippen molar-refractivity contribution in [2.75, 3.05) is 5.32 Å². The lowest BCUT2D eigenvalue weighted by Crippen LogP contribution is -2.24. The van der Waals surface area contributed by atoms with E-state index in [1.807, 2.05) is 32.0 Å². The number of rotatable bonds is 6. The highest BCUT2D eigenvalue weighted by Crippen LogP contribution is 2.26. The fraction of sp³-hybridized carbons (Fsp3) is 0.455. The summed E-state index contributed by atoms with van der Waals surface area (Å²) in [5.41, 5.74) is 1.02. The van der Waals surface area contributed by atoms with E-state index in [0.717, 1.165) is 25.7 Å². The Morgan fingerprint density at radius 2 is 2.03 bits per heavy atom. The molecule has 1 aliphatic rings. The molecular formula is C22H27N5O3. The summed E-state index contributed by atoms with van der Waals surface area (Å²) in [5.74, 6) is 1.13. The number of aromatic nitrogens is 4. The fourth-order valence-corrected chi connectivity index (χ4v) is 3.84. The van der Waals surface area contributed by atoms with E-state index in [2.05, 4.69) is 15.3 Å². The fourth-order valence-electron chi connectivity index (χ4n) is 3.84. The van der Waals surface area contributed by atoms with Gasteiger partial charge in [-0.05, 0) is 38.8 Å². The molecular weight excluding hydrogens is 382 g/mol. The van der Waals surface area contributed by atoms with Crippen molar-refractivity contribution in [1.82, 2.24) is 19.2 Å². The molecule has 1 N–H and O–H groups in total. The summed E-state index contributed by atoms with van der Waals surface area (Å²) < 4.78 is 9.02. The van der Waals surface area contributed by atoms with Gasteiger partial charge in [-0.1, -0.05) is 25.3 Å². The van der Waals surface area contributed by atoms with Gasteiger partial charge in [0.2, 0.25) is 5.91 Å². The van der Waals surface area contributed by atoms with Gasteiger partial charge in [-0.15, -0.1) is 0 Å². The van der Waals surface area contributed by atoms with Crippen LogP contribution in [-0.4, -0.2) is 25.1 Å². The summed E-state index contributed by atoms with van der Waals surface area (Å²) in [7, 11) is 0. The predicted molar refractivity (Wildman–Crippen MR) is 114 cm³/mol. The van der Waals surface area contributed by atoms with Crippen molar-refractivity contribution in [3.8, 4) is 5.75 Å². The highest BCUT2D eigenvalue weighted by molar-refractivity contribution is 5.92. The molecule has 30 heavy (non-hydrogen) atoms. The van der Waals surface area contributed by atoms with Crippen LogP contribution in [0.25, 0.3) is 5.78 Å². The first-order valence-corrected chi connectivity index (χ1v) is 10.5. The Morgan fingerprint density at radius 1 is 1.23 bits per heavy atom. The molecule has 158 valence electrons. The van der Waals surface area contributed by atoms with Crippen LogP contribution in [0.15, 0.2) is 41.5 Å². The monoisotopic (exact) mass is 409 g/mol. The maximum absolute atomic E-state index is 12.5. The molecule has 2 aromatic heterocycles. The Hall–Kier alpha value is -3.16. The normalized spacial score (nSPS) is 14.9. The van der Waals surface area contributed by atoms with Crippen LogP contribution < -0.4 is 15.6 Å². The zero-order valence-electron chi connectivity index (χ0n) is 17.4. The molecule has 8 heteroatoms. The molecule has 1 fully saturated rings. The minimum atomic E-state index is -0.196. The zero-order chi connectivity index (χ0) is 21.1. The minimum Gasteiger partial charge on any atom is -0.487 e. The summed E-state index contributed by atoms with van der Waals surface area (Å²) in [5, 5.41) is 3.00. The van der Waals surface area contributed by atoms with Crippen LogP contribution in [0.5, 0.6) is 5.75 Å². The molecule has 0 atom stereocenters. The van der Waals surface area contributed by atoms with Crippen molar-refractivity contribution >= 4 is 17.4 Å². The highest BCUT2D eigenvalue weighted by Gasteiger charge is 2.21. The summed E-state index contributed by atoms with van der Waals surface area (Å²) >= 11 is 0. The number of nitrogens with zero attached hydrogens (tertiary/aromatic N) is 4. The third-order valence-electron chi connectivity index (χ3n) is 5.45. The molecule has 8 nitrogen and oxygen atoms in total. The number of ether oxygens (including phenoxy) is 1. The van der Waals surface area contributed by atoms with Gasteiger partial charge in [-0.3, -0.25) is 14.3 Å². The second kappa shape index (κ2) is 8.69. The number of benzene rings is 1. The molecule has 0 saturated heterocycles. The summed E-state index contributed by atoms with van der Waals surface area (Å²) in [6.07, 6.45) is 6.98. The lowest BCUT2D eigenvalue weighted by molar-refractivity contribution is -0.120. The first kappa shape index (κ1) is 20.1. The molecule has 0 spiro atoms. The molecule has 1 aliphatic carbocycles. The number of hydrogen-bond acceptors (Lipinski definition) is 5. The molecule has 1 amide bonds. The largest absolute Gasteiger partial charge is 0.487 e. The van der Waals surface area contributed by atoms with Gasteiger partial charge in [-0.2, -0.15) is 9.50 Å². The van der Waals surface area contributed by atoms with Crippen molar-refractivity contribution in [2.45, 2.75) is 58.6 Å². The number of hydrogen-bond donors (Lipinski definition) is 1. The van der Waals surface area contributed by atoms with E-state index in [1.165, 1.54) is 17.0 Å². The smallest absolute Gasteiger partial charge is 0.274 e. The highest BCUT2D eigenvalue weighted by atomic mass is 16.5. The van der Waals surface area contributed by atoms with Gasteiger partial charge in [0.05, 0.1) is 5.69 Å². The zero-order valence-corrected chi connectivity index (χ0v) is 17.4. The van der Waals surface area contributed by atoms with E-state index in [0.29, 0.717) is 22.9 Å². The summed E-state index contributed by atoms with van der Waals surface area (Å²) in [6, 6.07) is 8.85. The number of anilines is 1. The first-order chi connectivity index (χ1) is 14.5. The van der Waals surface area contributed by atoms with E-state index in [4.69, 9.17) is 4.74 Å². The van der Waals surface area contributed by atoms with E-state index in [1.54, 1.807) is 17.1 Å². The molecule has 4 rings (SSSR count). The van der Waals surface area contributed by atoms with Crippen LogP contribution in [0.4, 0.5) is 5.69 Å². The van der Waals surface area contributed by atoms with E-state index in [9.17, 15) is 9.59 Å². The molecule has 2 heterocycles. The molecule has 0 radical (unpaired) electrons. The Kier molecular flexibility index (Phi) is 5.83. The minimum absolute atomic E-state index is 0.0766. The Balaban J connectivity index is 1.43. The quantitative estimate of drug-likeness (QED) is 0.672. The van der Waals surface area contributed by atoms with Gasteiger partial charge in [0, 0.05) is 29.8 Å². The standard InChI is InChI=1S/C22H27N5O3/c1-15(2)26-14-23-22-25-18(12-20(28)27(22)26)13-30-19-10-6-9-17(11-19)24-21(29)16-7-4-3-5-8-16/h6,9-12,14-16H,3-5,7-8,13H2,1-2H3,(H,24,29). The van der Waals surface area contributed by atoms with Gasteiger partial charge < -0.3 is 10.1 Å². The van der Waals surface area contributed by atoms with Crippen LogP contribution in [0, 0.1) is 5.92 Å². The van der Waals surface area contributed by atoms with Crippen LogP contribution in [0.1, 0.15) is 57.7 Å². The summed E-state index contributed by atoms with van der Waals surface area (Å²) in [4.78, 5) is 33.6. The van der Waals surface area contributed by atoms with Gasteiger partial charge >= 0.3 is 0 Å². The molecule has 0 aliphatic heterocycles. The van der Waals surface area contributed by atoms with Crippen LogP contribution in [-0.2, 0) is 11.4 Å². The topological polar surface area (TPSA) is 90.5 Å². The average Bonchev–Trinajstić information content (AvgIpc) is 3.18. The molecule has 1 saturated carbocycles. The second-order valence-electron chi connectivity index (χ2n) is 8.06. The van der Waals surface area contributed by atoms with Crippen molar-refractivity contribution in [3.63, 3.8) is 0 Å². The van der Waals surface area contributed by atoms with Crippen LogP contribution >= 0.6 is 0 Å². The first-order valence-electron chi connectivity index (χ1n) is 10.5. The van der Waals surface area contributed by atoms with Crippen molar-refractivity contribution < 1.29 is 9.53 Å². The maximum atomic E-state index is 12.5. The van der Waals surface area contributed by atoms with Crippen LogP contribution in [0.3, 0.4) is 0 Å². The van der Waals surface area contributed by atoms with Gasteiger partial charge in [0.1, 0.15) is 18.7 Å². The second-order valence-corrected chi connectivity index (χ2v) is 8.06. The van der Waals surface area contributed by atoms with E-state index in [-0.39, 0.29) is 30.0 Å². The van der Waals surface area contributed by atoms with Gasteiger partial charge in [0.15, 0.2) is 0 Å². The number of carbonyl (C=O) groups is 1. The Morgan fingerprint density at radius 3 is 2.80 bits per heavy atom. The lowest BCUT2D eigenvalue weighted by atomic mass is 9.88.